The van der Waals surface area contributed by atoms with Crippen molar-refractivity contribution in [1.29, 1.82) is 0 Å². The van der Waals surface area contributed by atoms with Crippen LogP contribution in [0.3, 0.4) is 0 Å². The molecule has 0 nitrogen and oxygen atoms in total. The van der Waals surface area contributed by atoms with Gasteiger partial charge in [-0.1, -0.05) is 0 Å². The van der Waals surface area contributed by atoms with Crippen LogP contribution in [0.25, 0.3) is 0 Å². The van der Waals surface area contributed by atoms with Crippen molar-refractivity contribution in [3.05, 3.63) is 0 Å². The second-order valence-corrected chi connectivity index (χ2v) is 23.7. The third kappa shape index (κ3) is 17.4. The van der Waals surface area contributed by atoms with Crippen LogP contribution in [-0.2, 0) is 0 Å². The molecule has 0 saturated carbocycles. The van der Waals surface area contributed by atoms with Gasteiger partial charge in [-0.05, 0) is 0 Å². The molecule has 0 saturated heterocycles. The Kier molecular flexibility index (Phi) is 22.1. The zero-order valence-electron chi connectivity index (χ0n) is 20.1. The number of unbranched alkanes of at least 4 members (excludes halogenated alkanes) is 14. The summed E-state index contributed by atoms with van der Waals surface area (Å²) in [6, 6.07) is 0. The van der Waals surface area contributed by atoms with Gasteiger partial charge >= 0.3 is 179 Å². The Balaban J connectivity index is 4.30. The van der Waals surface area contributed by atoms with Gasteiger partial charge in [0.2, 0.25) is 0 Å². The van der Waals surface area contributed by atoms with E-state index in [4.69, 9.17) is 0 Å². The van der Waals surface area contributed by atoms with Crippen molar-refractivity contribution < 1.29 is 0 Å². The van der Waals surface area contributed by atoms with Crippen LogP contribution in [0.5, 0.6) is 0 Å². The maximum absolute atomic E-state index is 2.41. The molecule has 0 aromatic heterocycles. The van der Waals surface area contributed by atoms with E-state index in [1.807, 2.05) is 0 Å². The first kappa shape index (κ1) is 27.8. The van der Waals surface area contributed by atoms with E-state index in [2.05, 4.69) is 27.7 Å². The molecule has 0 N–H and O–H groups in total. The Hall–Kier alpha value is 0.799. The van der Waals surface area contributed by atoms with Crippen molar-refractivity contribution in [2.24, 2.45) is 0 Å². The predicted molar refractivity (Wildman–Crippen MR) is 131 cm³/mol. The Morgan fingerprint density at radius 3 is 0.889 bits per heavy atom. The van der Waals surface area contributed by atoms with E-state index in [1.54, 1.807) is 43.4 Å². The van der Waals surface area contributed by atoms with Crippen molar-refractivity contribution in [2.75, 3.05) is 0 Å². The number of hydrogen-bond acceptors (Lipinski definition) is 0. The molecular formula is C26H56Sn. The SMILES string of the molecule is CCCCCCCC[CH2][Sn]([CH2]CCC)([CH2]CCC)[CH2]CCCCCCCC. The molecule has 0 rings (SSSR count). The van der Waals surface area contributed by atoms with Crippen LogP contribution in [0.4, 0.5) is 0 Å². The van der Waals surface area contributed by atoms with Gasteiger partial charge in [0, 0.05) is 0 Å². The molecule has 0 aromatic carbocycles. The summed E-state index contributed by atoms with van der Waals surface area (Å²) < 4.78 is 6.91. The third-order valence-electron chi connectivity index (χ3n) is 6.74. The molecule has 0 aromatic rings. The molecule has 0 aliphatic carbocycles. The van der Waals surface area contributed by atoms with Gasteiger partial charge in [0.1, 0.15) is 0 Å². The second-order valence-electron chi connectivity index (χ2n) is 9.45. The van der Waals surface area contributed by atoms with Gasteiger partial charge in [0.15, 0.2) is 0 Å². The van der Waals surface area contributed by atoms with Gasteiger partial charge in [-0.3, -0.25) is 0 Å². The summed E-state index contributed by atoms with van der Waals surface area (Å²) in [5.41, 5.74) is 0. The van der Waals surface area contributed by atoms with Crippen LogP contribution in [0.1, 0.15) is 143 Å². The second kappa shape index (κ2) is 21.5. The number of rotatable bonds is 22. The summed E-state index contributed by atoms with van der Waals surface area (Å²) in [5, 5.41) is 0. The minimum absolute atomic E-state index is 1.38. The van der Waals surface area contributed by atoms with Gasteiger partial charge in [-0.15, -0.1) is 0 Å². The van der Waals surface area contributed by atoms with Gasteiger partial charge in [-0.25, -0.2) is 0 Å². The van der Waals surface area contributed by atoms with Crippen LogP contribution >= 0.6 is 0 Å². The molecule has 0 aliphatic heterocycles. The molecule has 27 heavy (non-hydrogen) atoms. The van der Waals surface area contributed by atoms with Gasteiger partial charge in [0.05, 0.1) is 0 Å². The van der Waals surface area contributed by atoms with Crippen LogP contribution in [0.15, 0.2) is 0 Å². The Morgan fingerprint density at radius 2 is 0.556 bits per heavy atom. The van der Waals surface area contributed by atoms with Crippen molar-refractivity contribution in [3.63, 3.8) is 0 Å². The van der Waals surface area contributed by atoms with E-state index in [-0.39, 0.29) is 0 Å². The van der Waals surface area contributed by atoms with E-state index < -0.39 is 18.4 Å². The minimum atomic E-state index is -1.85. The van der Waals surface area contributed by atoms with Crippen molar-refractivity contribution in [1.82, 2.24) is 0 Å². The molecule has 0 radical (unpaired) electrons. The fourth-order valence-electron chi connectivity index (χ4n) is 4.77. The normalized spacial score (nSPS) is 12.0. The fourth-order valence-corrected chi connectivity index (χ4v) is 21.1. The first-order chi connectivity index (χ1) is 13.2. The van der Waals surface area contributed by atoms with Gasteiger partial charge in [0.25, 0.3) is 0 Å². The average Bonchev–Trinajstić information content (AvgIpc) is 2.69. The van der Waals surface area contributed by atoms with Crippen LogP contribution in [0.2, 0.25) is 17.7 Å². The average molecular weight is 487 g/mol. The van der Waals surface area contributed by atoms with E-state index in [0.29, 0.717) is 0 Å². The summed E-state index contributed by atoms with van der Waals surface area (Å²) in [5.74, 6) is 0. The molecule has 0 atom stereocenters. The van der Waals surface area contributed by atoms with Crippen molar-refractivity contribution in [2.45, 2.75) is 161 Å². The zero-order chi connectivity index (χ0) is 20.1. The van der Waals surface area contributed by atoms with E-state index in [9.17, 15) is 0 Å². The van der Waals surface area contributed by atoms with Crippen LogP contribution in [-0.4, -0.2) is 18.4 Å². The topological polar surface area (TPSA) is 0 Å². The van der Waals surface area contributed by atoms with E-state index >= 15 is 0 Å². The standard InChI is InChI=1S/2C9H19.2C4H9.Sn/c2*1-3-5-7-9-8-6-4-2;2*1-3-4-2;/h2*1,3-9H2,2H3;2*1,3-4H2,2H3;. The summed E-state index contributed by atoms with van der Waals surface area (Å²) >= 11 is -1.85. The molecular weight excluding hydrogens is 431 g/mol. The quantitative estimate of drug-likeness (QED) is 0.105. The summed E-state index contributed by atoms with van der Waals surface area (Å²) in [6.45, 7) is 9.48. The van der Waals surface area contributed by atoms with Gasteiger partial charge < -0.3 is 0 Å². The molecule has 0 amide bonds. The van der Waals surface area contributed by atoms with Crippen molar-refractivity contribution in [3.8, 4) is 0 Å². The number of hydrogen-bond donors (Lipinski definition) is 0. The Bertz CT molecular complexity index is 245. The van der Waals surface area contributed by atoms with Crippen LogP contribution in [0, 0.1) is 0 Å². The maximum atomic E-state index is 2.41. The zero-order valence-corrected chi connectivity index (χ0v) is 22.9. The molecule has 0 fully saturated rings. The van der Waals surface area contributed by atoms with E-state index in [1.165, 1.54) is 89.9 Å². The molecule has 1 heteroatoms. The molecule has 0 spiro atoms. The molecule has 0 heterocycles. The summed E-state index contributed by atoms with van der Waals surface area (Å²) in [4.78, 5) is 0. The molecule has 0 aliphatic rings. The summed E-state index contributed by atoms with van der Waals surface area (Å²) in [6.07, 6.45) is 26.9. The van der Waals surface area contributed by atoms with Crippen LogP contribution < -0.4 is 0 Å². The molecule has 164 valence electrons. The monoisotopic (exact) mass is 488 g/mol. The first-order valence-corrected chi connectivity index (χ1v) is 21.3. The first-order valence-electron chi connectivity index (χ1n) is 13.2. The Labute approximate surface area is 178 Å². The van der Waals surface area contributed by atoms with Gasteiger partial charge in [-0.2, -0.15) is 0 Å². The third-order valence-corrected chi connectivity index (χ3v) is 22.9. The molecule has 0 unspecified atom stereocenters. The Morgan fingerprint density at radius 1 is 0.296 bits per heavy atom. The fraction of sp³-hybridized carbons (Fsp3) is 1.00. The summed E-state index contributed by atoms with van der Waals surface area (Å²) in [7, 11) is 0. The predicted octanol–water partition coefficient (Wildman–Crippen LogP) is 10.5. The van der Waals surface area contributed by atoms with Crippen molar-refractivity contribution >= 4 is 18.4 Å². The molecule has 0 bridgehead atoms. The van der Waals surface area contributed by atoms with E-state index in [0.717, 1.165) is 0 Å².